The van der Waals surface area contributed by atoms with Gasteiger partial charge >= 0.3 is 0 Å². The summed E-state index contributed by atoms with van der Waals surface area (Å²) in [7, 11) is 3.23. The first-order valence-electron chi connectivity index (χ1n) is 12.2. The minimum Gasteiger partial charge on any atom is -0.497 e. The van der Waals surface area contributed by atoms with Crippen LogP contribution in [-0.4, -0.2) is 38.8 Å². The predicted octanol–water partition coefficient (Wildman–Crippen LogP) is 5.37. The number of hydrogen-bond donors (Lipinski definition) is 2. The molecule has 6 aromatic rings. The van der Waals surface area contributed by atoms with Crippen molar-refractivity contribution in [2.24, 2.45) is 0 Å². The molecule has 6 rings (SSSR count). The summed E-state index contributed by atoms with van der Waals surface area (Å²) in [6.45, 7) is 0. The van der Waals surface area contributed by atoms with Gasteiger partial charge in [-0.05, 0) is 23.3 Å². The van der Waals surface area contributed by atoms with Crippen LogP contribution in [0.25, 0.3) is 50.5 Å². The van der Waals surface area contributed by atoms with Gasteiger partial charge in [-0.2, -0.15) is 9.61 Å². The number of hydrogen-bond acceptors (Lipinski definition) is 8. The van der Waals surface area contributed by atoms with Crippen LogP contribution in [0.4, 0.5) is 11.6 Å². The van der Waals surface area contributed by atoms with E-state index in [2.05, 4.69) is 9.97 Å². The second kappa shape index (κ2) is 9.79. The average Bonchev–Trinajstić information content (AvgIpc) is 3.37. The van der Waals surface area contributed by atoms with Crippen molar-refractivity contribution in [3.8, 4) is 56.5 Å². The fourth-order valence-electron chi connectivity index (χ4n) is 4.66. The Hall–Kier alpha value is -5.44. The molecule has 0 fully saturated rings. The van der Waals surface area contributed by atoms with Gasteiger partial charge in [0, 0.05) is 5.56 Å². The van der Waals surface area contributed by atoms with Crippen molar-refractivity contribution in [2.75, 3.05) is 25.7 Å². The highest BCUT2D eigenvalue weighted by Crippen LogP contribution is 2.43. The first-order valence-corrected chi connectivity index (χ1v) is 12.2. The Kier molecular flexibility index (Phi) is 6.01. The van der Waals surface area contributed by atoms with Gasteiger partial charge in [-0.3, -0.25) is 0 Å². The third-order valence-corrected chi connectivity index (χ3v) is 6.45. The van der Waals surface area contributed by atoms with Gasteiger partial charge in [-0.15, -0.1) is 0 Å². The van der Waals surface area contributed by atoms with E-state index in [4.69, 9.17) is 31.0 Å². The first kappa shape index (κ1) is 23.9. The maximum atomic E-state index is 6.34. The second-order valence-electron chi connectivity index (χ2n) is 8.79. The summed E-state index contributed by atoms with van der Waals surface area (Å²) in [6, 6.07) is 27.6. The largest absolute Gasteiger partial charge is 0.497 e. The number of nitrogens with zero attached hydrogens (tertiary/aromatic N) is 5. The number of fused-ring (bicyclic) bond motifs is 1. The zero-order valence-electron chi connectivity index (χ0n) is 21.4. The first-order chi connectivity index (χ1) is 19.1. The lowest BCUT2D eigenvalue weighted by molar-refractivity contribution is 0.387. The molecule has 0 spiro atoms. The minimum absolute atomic E-state index is 0.196. The maximum absolute atomic E-state index is 6.34. The molecular formula is C30H25N7O2. The predicted molar refractivity (Wildman–Crippen MR) is 152 cm³/mol. The molecule has 0 saturated heterocycles. The molecule has 0 aliphatic carbocycles. The highest BCUT2D eigenvalue weighted by Gasteiger charge is 2.27. The fraction of sp³-hybridized carbons (Fsp3) is 0.0667. The van der Waals surface area contributed by atoms with Crippen LogP contribution in [0.5, 0.6) is 11.6 Å². The summed E-state index contributed by atoms with van der Waals surface area (Å²) in [5.74, 6) is 1.60. The number of benzene rings is 3. The van der Waals surface area contributed by atoms with Crippen LogP contribution in [0.2, 0.25) is 0 Å². The molecule has 39 heavy (non-hydrogen) atoms. The number of anilines is 2. The Bertz CT molecular complexity index is 1780. The molecule has 0 atom stereocenters. The van der Waals surface area contributed by atoms with Crippen LogP contribution in [0.1, 0.15) is 0 Å². The minimum atomic E-state index is 0.196. The molecule has 0 saturated carbocycles. The van der Waals surface area contributed by atoms with Crippen LogP contribution < -0.4 is 20.9 Å². The molecule has 3 aromatic carbocycles. The van der Waals surface area contributed by atoms with E-state index in [9.17, 15) is 0 Å². The van der Waals surface area contributed by atoms with Crippen molar-refractivity contribution < 1.29 is 9.47 Å². The molecule has 0 radical (unpaired) electrons. The van der Waals surface area contributed by atoms with Gasteiger partial charge in [-0.25, -0.2) is 15.0 Å². The standard InChI is InChI=1S/C30H25N7O2/c1-38-21-15-13-19(14-16-21)24-26(27-28(32)33-17-22(31)34-27)35-29-23(18-9-5-3-6-10-18)25(20-11-7-4-8-12-20)36-37(29)30(24)39-2/h3-17H,1-2H3,(H2,31,34)(H2,32,33). The van der Waals surface area contributed by atoms with Crippen LogP contribution in [0, 0.1) is 0 Å². The van der Waals surface area contributed by atoms with E-state index in [1.807, 2.05) is 84.9 Å². The Morgan fingerprint density at radius 1 is 0.641 bits per heavy atom. The summed E-state index contributed by atoms with van der Waals surface area (Å²) >= 11 is 0. The van der Waals surface area contributed by atoms with Crippen molar-refractivity contribution in [3.63, 3.8) is 0 Å². The molecule has 0 aliphatic heterocycles. The number of methoxy groups -OCH3 is 2. The molecule has 9 heteroatoms. The van der Waals surface area contributed by atoms with E-state index >= 15 is 0 Å². The normalized spacial score (nSPS) is 11.0. The van der Waals surface area contributed by atoms with Crippen molar-refractivity contribution in [2.45, 2.75) is 0 Å². The Morgan fingerprint density at radius 2 is 1.28 bits per heavy atom. The Morgan fingerprint density at radius 3 is 1.92 bits per heavy atom. The van der Waals surface area contributed by atoms with Crippen LogP contribution in [0.15, 0.2) is 91.1 Å². The second-order valence-corrected chi connectivity index (χ2v) is 8.79. The molecule has 4 N–H and O–H groups in total. The molecule has 192 valence electrons. The van der Waals surface area contributed by atoms with E-state index in [-0.39, 0.29) is 11.6 Å². The summed E-state index contributed by atoms with van der Waals surface area (Å²) < 4.78 is 13.2. The maximum Gasteiger partial charge on any atom is 0.226 e. The lowest BCUT2D eigenvalue weighted by atomic mass is 10.00. The molecule has 3 aromatic heterocycles. The van der Waals surface area contributed by atoms with Crippen molar-refractivity contribution >= 4 is 17.3 Å². The summed E-state index contributed by atoms with van der Waals surface area (Å²) in [4.78, 5) is 13.9. The highest BCUT2D eigenvalue weighted by molar-refractivity contribution is 5.95. The van der Waals surface area contributed by atoms with Crippen molar-refractivity contribution in [1.29, 1.82) is 0 Å². The zero-order chi connectivity index (χ0) is 26.9. The number of nitrogen functional groups attached to an aromatic ring is 2. The van der Waals surface area contributed by atoms with E-state index in [0.717, 1.165) is 27.9 Å². The summed E-state index contributed by atoms with van der Waals surface area (Å²) in [6.07, 6.45) is 1.42. The quantitative estimate of drug-likeness (QED) is 0.303. The van der Waals surface area contributed by atoms with E-state index in [0.29, 0.717) is 34.2 Å². The fourth-order valence-corrected chi connectivity index (χ4v) is 4.66. The van der Waals surface area contributed by atoms with E-state index < -0.39 is 0 Å². The van der Waals surface area contributed by atoms with E-state index in [1.54, 1.807) is 18.7 Å². The van der Waals surface area contributed by atoms with Crippen molar-refractivity contribution in [3.05, 3.63) is 91.1 Å². The average molecular weight is 516 g/mol. The monoisotopic (exact) mass is 515 g/mol. The molecule has 0 amide bonds. The van der Waals surface area contributed by atoms with Gasteiger partial charge < -0.3 is 20.9 Å². The molecule has 9 nitrogen and oxygen atoms in total. The Labute approximate surface area is 224 Å². The number of rotatable bonds is 6. The zero-order valence-corrected chi connectivity index (χ0v) is 21.4. The van der Waals surface area contributed by atoms with Gasteiger partial charge in [0.2, 0.25) is 5.88 Å². The molecule has 3 heterocycles. The lowest BCUT2D eigenvalue weighted by Crippen LogP contribution is -2.07. The molecular weight excluding hydrogens is 490 g/mol. The number of ether oxygens (including phenoxy) is 2. The molecule has 0 unspecified atom stereocenters. The Balaban J connectivity index is 1.77. The summed E-state index contributed by atoms with van der Waals surface area (Å²) in [5, 5.41) is 5.04. The number of aromatic nitrogens is 5. The summed E-state index contributed by atoms with van der Waals surface area (Å²) in [5.41, 5.74) is 18.7. The van der Waals surface area contributed by atoms with Gasteiger partial charge in [0.15, 0.2) is 11.5 Å². The van der Waals surface area contributed by atoms with Crippen LogP contribution >= 0.6 is 0 Å². The third kappa shape index (κ3) is 4.15. The van der Waals surface area contributed by atoms with E-state index in [1.165, 1.54) is 6.20 Å². The van der Waals surface area contributed by atoms with Crippen LogP contribution in [-0.2, 0) is 0 Å². The lowest BCUT2D eigenvalue weighted by Gasteiger charge is -2.16. The van der Waals surface area contributed by atoms with Crippen LogP contribution in [0.3, 0.4) is 0 Å². The molecule has 0 aliphatic rings. The molecule has 0 bridgehead atoms. The highest BCUT2D eigenvalue weighted by atomic mass is 16.5. The third-order valence-electron chi connectivity index (χ3n) is 6.45. The number of nitrogens with two attached hydrogens (primary N) is 2. The van der Waals surface area contributed by atoms with Gasteiger partial charge in [0.1, 0.15) is 28.6 Å². The van der Waals surface area contributed by atoms with Gasteiger partial charge in [-0.1, -0.05) is 72.8 Å². The smallest absolute Gasteiger partial charge is 0.226 e. The van der Waals surface area contributed by atoms with Gasteiger partial charge in [0.25, 0.3) is 0 Å². The van der Waals surface area contributed by atoms with Gasteiger partial charge in [0.05, 0.1) is 31.5 Å². The topological polar surface area (TPSA) is 126 Å². The SMILES string of the molecule is COc1ccc(-c2c(-c3nc(N)cnc3N)nc3c(-c4ccccc4)c(-c4ccccc4)nn3c2OC)cc1. The van der Waals surface area contributed by atoms with Crippen molar-refractivity contribution in [1.82, 2.24) is 24.6 Å².